The summed E-state index contributed by atoms with van der Waals surface area (Å²) in [6.07, 6.45) is 5.24. The lowest BCUT2D eigenvalue weighted by Gasteiger charge is -2.32. The van der Waals surface area contributed by atoms with Gasteiger partial charge in [-0.1, -0.05) is 6.92 Å². The van der Waals surface area contributed by atoms with Crippen LogP contribution in [0, 0.1) is 5.92 Å². The summed E-state index contributed by atoms with van der Waals surface area (Å²) in [7, 11) is 4.17. The Morgan fingerprint density at radius 1 is 1.07 bits per heavy atom. The number of nitrogens with zero attached hydrogens (tertiary/aromatic N) is 4. The molecule has 1 aromatic heterocycles. The molecule has 0 unspecified atom stereocenters. The summed E-state index contributed by atoms with van der Waals surface area (Å²) in [6, 6.07) is 10.6. The van der Waals surface area contributed by atoms with Gasteiger partial charge < -0.3 is 20.4 Å². The first-order valence-corrected chi connectivity index (χ1v) is 9.93. The molecule has 0 atom stereocenters. The maximum Gasteiger partial charge on any atom is 0.135 e. The van der Waals surface area contributed by atoms with Crippen LogP contribution < -0.4 is 15.5 Å². The highest BCUT2D eigenvalue weighted by molar-refractivity contribution is 5.62. The molecular weight excluding hydrogens is 336 g/mol. The van der Waals surface area contributed by atoms with Crippen molar-refractivity contribution in [2.45, 2.75) is 26.2 Å². The number of benzene rings is 1. The van der Waals surface area contributed by atoms with E-state index in [1.165, 1.54) is 18.5 Å². The van der Waals surface area contributed by atoms with Gasteiger partial charge in [0.1, 0.15) is 18.0 Å². The van der Waals surface area contributed by atoms with Crippen LogP contribution in [0.5, 0.6) is 0 Å². The van der Waals surface area contributed by atoms with Crippen molar-refractivity contribution in [3.63, 3.8) is 0 Å². The number of hydrogen-bond acceptors (Lipinski definition) is 6. The molecule has 0 saturated carbocycles. The van der Waals surface area contributed by atoms with Crippen LogP contribution in [0.4, 0.5) is 23.0 Å². The van der Waals surface area contributed by atoms with Gasteiger partial charge in [0.25, 0.3) is 0 Å². The number of hydrogen-bond donors (Lipinski definition) is 2. The zero-order valence-electron chi connectivity index (χ0n) is 16.8. The molecule has 0 amide bonds. The van der Waals surface area contributed by atoms with Gasteiger partial charge in [0, 0.05) is 37.1 Å². The second kappa shape index (κ2) is 9.55. The van der Waals surface area contributed by atoms with Crippen LogP contribution >= 0.6 is 0 Å². The van der Waals surface area contributed by atoms with Gasteiger partial charge in [-0.25, -0.2) is 9.97 Å². The van der Waals surface area contributed by atoms with Crippen LogP contribution in [0.3, 0.4) is 0 Å². The topological polar surface area (TPSA) is 56.3 Å². The van der Waals surface area contributed by atoms with Crippen molar-refractivity contribution in [1.82, 2.24) is 14.9 Å². The molecule has 0 spiro atoms. The number of anilines is 4. The van der Waals surface area contributed by atoms with Crippen LogP contribution in [0.15, 0.2) is 36.7 Å². The summed E-state index contributed by atoms with van der Waals surface area (Å²) in [6.45, 7) is 6.62. The van der Waals surface area contributed by atoms with E-state index in [1.807, 2.05) is 6.07 Å². The molecule has 0 aliphatic carbocycles. The summed E-state index contributed by atoms with van der Waals surface area (Å²) in [5, 5.41) is 6.73. The van der Waals surface area contributed by atoms with Gasteiger partial charge in [0.15, 0.2) is 0 Å². The maximum atomic E-state index is 4.33. The van der Waals surface area contributed by atoms with E-state index in [0.717, 1.165) is 55.8 Å². The summed E-state index contributed by atoms with van der Waals surface area (Å²) in [5.74, 6) is 2.51. The fourth-order valence-corrected chi connectivity index (χ4v) is 3.30. The second-order valence-electron chi connectivity index (χ2n) is 7.71. The molecule has 1 fully saturated rings. The highest BCUT2D eigenvalue weighted by Crippen LogP contribution is 2.25. The molecule has 6 heteroatoms. The normalized spacial score (nSPS) is 15.2. The third kappa shape index (κ3) is 6.10. The Kier molecular flexibility index (Phi) is 6.87. The zero-order valence-corrected chi connectivity index (χ0v) is 16.8. The first-order valence-electron chi connectivity index (χ1n) is 9.93. The van der Waals surface area contributed by atoms with Crippen molar-refractivity contribution in [2.75, 3.05) is 55.8 Å². The van der Waals surface area contributed by atoms with Crippen molar-refractivity contribution in [1.29, 1.82) is 0 Å². The van der Waals surface area contributed by atoms with E-state index in [-0.39, 0.29) is 0 Å². The van der Waals surface area contributed by atoms with Gasteiger partial charge in [-0.05, 0) is 70.1 Å². The van der Waals surface area contributed by atoms with Crippen LogP contribution in [-0.4, -0.2) is 55.1 Å². The monoisotopic (exact) mass is 368 g/mol. The van der Waals surface area contributed by atoms with E-state index in [9.17, 15) is 0 Å². The van der Waals surface area contributed by atoms with Gasteiger partial charge in [0.05, 0.1) is 0 Å². The molecule has 2 aromatic rings. The smallest absolute Gasteiger partial charge is 0.135 e. The predicted molar refractivity (Wildman–Crippen MR) is 114 cm³/mol. The highest BCUT2D eigenvalue weighted by atomic mass is 15.1. The van der Waals surface area contributed by atoms with E-state index in [1.54, 1.807) is 6.33 Å². The lowest BCUT2D eigenvalue weighted by molar-refractivity contribution is 0.405. The Labute approximate surface area is 163 Å². The van der Waals surface area contributed by atoms with Gasteiger partial charge in [-0.2, -0.15) is 0 Å². The number of nitrogens with one attached hydrogen (secondary N) is 2. The molecule has 146 valence electrons. The first-order chi connectivity index (χ1) is 13.1. The Morgan fingerprint density at radius 3 is 2.48 bits per heavy atom. The summed E-state index contributed by atoms with van der Waals surface area (Å²) < 4.78 is 0. The molecule has 1 aromatic carbocycles. The fourth-order valence-electron chi connectivity index (χ4n) is 3.30. The minimum atomic E-state index is 0.805. The van der Waals surface area contributed by atoms with Crippen LogP contribution in [0.25, 0.3) is 0 Å². The lowest BCUT2D eigenvalue weighted by Crippen LogP contribution is -2.32. The van der Waals surface area contributed by atoms with Gasteiger partial charge in [0.2, 0.25) is 0 Å². The van der Waals surface area contributed by atoms with E-state index in [2.05, 4.69) is 75.7 Å². The largest absolute Gasteiger partial charge is 0.372 e. The molecule has 2 heterocycles. The molecule has 0 radical (unpaired) electrons. The quantitative estimate of drug-likeness (QED) is 0.691. The van der Waals surface area contributed by atoms with Gasteiger partial charge in [-0.3, -0.25) is 0 Å². The maximum absolute atomic E-state index is 4.33. The minimum Gasteiger partial charge on any atom is -0.372 e. The number of piperidine rings is 1. The molecule has 1 aliphatic rings. The van der Waals surface area contributed by atoms with Crippen LogP contribution in [0.2, 0.25) is 0 Å². The highest BCUT2D eigenvalue weighted by Gasteiger charge is 2.15. The SMILES string of the molecule is CC1CCN(c2ccc(Nc3cc(NCCCN(C)C)ncn3)cc2)CC1. The van der Waals surface area contributed by atoms with E-state index >= 15 is 0 Å². The Bertz CT molecular complexity index is 692. The number of rotatable bonds is 8. The summed E-state index contributed by atoms with van der Waals surface area (Å²) >= 11 is 0. The molecule has 1 aliphatic heterocycles. The molecule has 0 bridgehead atoms. The molecule has 3 rings (SSSR count). The minimum absolute atomic E-state index is 0.805. The van der Waals surface area contributed by atoms with Crippen LogP contribution in [0.1, 0.15) is 26.2 Å². The third-order valence-corrected chi connectivity index (χ3v) is 5.04. The molecule has 27 heavy (non-hydrogen) atoms. The first kappa shape index (κ1) is 19.4. The van der Waals surface area contributed by atoms with Gasteiger partial charge in [-0.15, -0.1) is 0 Å². The van der Waals surface area contributed by atoms with Crippen LogP contribution in [-0.2, 0) is 0 Å². The van der Waals surface area contributed by atoms with Crippen molar-refractivity contribution in [3.05, 3.63) is 36.7 Å². The average Bonchev–Trinajstić information content (AvgIpc) is 2.67. The number of aromatic nitrogens is 2. The third-order valence-electron chi connectivity index (χ3n) is 5.04. The van der Waals surface area contributed by atoms with E-state index in [0.29, 0.717) is 0 Å². The Balaban J connectivity index is 1.53. The van der Waals surface area contributed by atoms with Gasteiger partial charge >= 0.3 is 0 Å². The van der Waals surface area contributed by atoms with Crippen molar-refractivity contribution in [3.8, 4) is 0 Å². The summed E-state index contributed by atoms with van der Waals surface area (Å²) in [4.78, 5) is 13.3. The molecule has 2 N–H and O–H groups in total. The molecule has 1 saturated heterocycles. The lowest BCUT2D eigenvalue weighted by atomic mass is 9.99. The standard InChI is InChI=1S/C21H32N6/c1-17-9-13-27(14-10-17)19-7-5-18(6-8-19)25-21-15-20(23-16-24-21)22-11-4-12-26(2)3/h5-8,15-17H,4,9-14H2,1-3H3,(H2,22,23,24,25). The van der Waals surface area contributed by atoms with E-state index < -0.39 is 0 Å². The fraction of sp³-hybridized carbons (Fsp3) is 0.524. The van der Waals surface area contributed by atoms with Crippen molar-refractivity contribution >= 4 is 23.0 Å². The van der Waals surface area contributed by atoms with Crippen molar-refractivity contribution in [2.24, 2.45) is 5.92 Å². The molecule has 6 nitrogen and oxygen atoms in total. The molecular formula is C21H32N6. The second-order valence-corrected chi connectivity index (χ2v) is 7.71. The Hall–Kier alpha value is -2.34. The predicted octanol–water partition coefficient (Wildman–Crippen LogP) is 3.82. The zero-order chi connectivity index (χ0) is 19.1. The van der Waals surface area contributed by atoms with E-state index in [4.69, 9.17) is 0 Å². The Morgan fingerprint density at radius 2 is 1.78 bits per heavy atom. The van der Waals surface area contributed by atoms with Crippen molar-refractivity contribution < 1.29 is 0 Å². The summed E-state index contributed by atoms with van der Waals surface area (Å²) in [5.41, 5.74) is 2.35. The average molecular weight is 369 g/mol.